The monoisotopic (exact) mass is 278 g/mol. The van der Waals surface area contributed by atoms with Gasteiger partial charge in [0, 0.05) is 22.5 Å². The summed E-state index contributed by atoms with van der Waals surface area (Å²) in [6.45, 7) is 1.95. The lowest BCUT2D eigenvalue weighted by atomic mass is 9.94. The van der Waals surface area contributed by atoms with Crippen LogP contribution in [-0.2, 0) is 0 Å². The van der Waals surface area contributed by atoms with Crippen molar-refractivity contribution in [3.8, 4) is 0 Å². The van der Waals surface area contributed by atoms with Crippen molar-refractivity contribution in [1.29, 1.82) is 0 Å². The van der Waals surface area contributed by atoms with Crippen LogP contribution in [0.1, 0.15) is 41.6 Å². The van der Waals surface area contributed by atoms with Gasteiger partial charge in [0.15, 0.2) is 0 Å². The van der Waals surface area contributed by atoms with E-state index in [1.807, 2.05) is 30.8 Å². The van der Waals surface area contributed by atoms with Gasteiger partial charge >= 0.3 is 0 Å². The van der Waals surface area contributed by atoms with Crippen LogP contribution < -0.4 is 11.1 Å². The van der Waals surface area contributed by atoms with Gasteiger partial charge in [-0.05, 0) is 43.7 Å². The molecule has 2 unspecified atom stereocenters. The minimum absolute atomic E-state index is 0.00995. The Kier molecular flexibility index (Phi) is 4.75. The van der Waals surface area contributed by atoms with Gasteiger partial charge < -0.3 is 11.1 Å². The summed E-state index contributed by atoms with van der Waals surface area (Å²) in [4.78, 5) is 12.4. The van der Waals surface area contributed by atoms with Crippen molar-refractivity contribution in [2.75, 3.05) is 12.0 Å². The largest absolute Gasteiger partial charge is 0.399 e. The number of anilines is 1. The van der Waals surface area contributed by atoms with Crippen LogP contribution in [0.2, 0.25) is 0 Å². The molecule has 0 bridgehead atoms. The Bertz CT molecular complexity index is 461. The highest BCUT2D eigenvalue weighted by Gasteiger charge is 2.26. The number of carbonyl (C=O) groups is 1. The molecule has 0 heterocycles. The number of benzene rings is 1. The summed E-state index contributed by atoms with van der Waals surface area (Å²) < 4.78 is 0. The summed E-state index contributed by atoms with van der Waals surface area (Å²) in [5, 5.41) is 3.73. The molecule has 0 spiro atoms. The van der Waals surface area contributed by atoms with Gasteiger partial charge in [-0.3, -0.25) is 4.79 Å². The Morgan fingerprint density at radius 3 is 2.84 bits per heavy atom. The quantitative estimate of drug-likeness (QED) is 0.836. The normalized spacial score (nSPS) is 23.1. The maximum Gasteiger partial charge on any atom is 0.251 e. The number of nitrogens with one attached hydrogen (secondary N) is 1. The van der Waals surface area contributed by atoms with Gasteiger partial charge in [0.2, 0.25) is 0 Å². The van der Waals surface area contributed by atoms with E-state index >= 15 is 0 Å². The minimum Gasteiger partial charge on any atom is -0.399 e. The van der Waals surface area contributed by atoms with Crippen molar-refractivity contribution in [1.82, 2.24) is 5.32 Å². The van der Waals surface area contributed by atoms with Crippen LogP contribution in [0.25, 0.3) is 0 Å². The van der Waals surface area contributed by atoms with Crippen LogP contribution in [0.15, 0.2) is 18.2 Å². The molecule has 1 saturated carbocycles. The lowest BCUT2D eigenvalue weighted by molar-refractivity contribution is 0.0929. The average Bonchev–Trinajstić information content (AvgIpc) is 2.42. The molecule has 3 nitrogen and oxygen atoms in total. The van der Waals surface area contributed by atoms with Crippen LogP contribution in [0.5, 0.6) is 0 Å². The molecule has 1 amide bonds. The predicted octanol–water partition coefficient (Wildman–Crippen LogP) is 2.98. The number of rotatable bonds is 3. The Balaban J connectivity index is 2.09. The highest BCUT2D eigenvalue weighted by molar-refractivity contribution is 7.99. The second-order valence-corrected chi connectivity index (χ2v) is 6.29. The Morgan fingerprint density at radius 2 is 2.11 bits per heavy atom. The number of hydrogen-bond donors (Lipinski definition) is 2. The molecule has 2 atom stereocenters. The minimum atomic E-state index is 0.00995. The molecule has 1 aliphatic carbocycles. The third kappa shape index (κ3) is 3.44. The van der Waals surface area contributed by atoms with Crippen molar-refractivity contribution >= 4 is 23.4 Å². The summed E-state index contributed by atoms with van der Waals surface area (Å²) in [7, 11) is 0. The van der Waals surface area contributed by atoms with E-state index in [0.29, 0.717) is 16.5 Å². The number of aryl methyl sites for hydroxylation is 1. The van der Waals surface area contributed by atoms with E-state index in [0.717, 1.165) is 12.0 Å². The van der Waals surface area contributed by atoms with Gasteiger partial charge in [-0.25, -0.2) is 0 Å². The van der Waals surface area contributed by atoms with Crippen LogP contribution >= 0.6 is 11.8 Å². The van der Waals surface area contributed by atoms with Crippen LogP contribution in [0.3, 0.4) is 0 Å². The van der Waals surface area contributed by atoms with Crippen LogP contribution in [0, 0.1) is 6.92 Å². The lowest BCUT2D eigenvalue weighted by Gasteiger charge is -2.31. The average molecular weight is 278 g/mol. The molecule has 1 aliphatic rings. The zero-order chi connectivity index (χ0) is 13.8. The van der Waals surface area contributed by atoms with E-state index in [1.54, 1.807) is 6.07 Å². The fraction of sp³-hybridized carbons (Fsp3) is 0.533. The number of hydrogen-bond acceptors (Lipinski definition) is 3. The molecular weight excluding hydrogens is 256 g/mol. The van der Waals surface area contributed by atoms with Crippen molar-refractivity contribution in [2.24, 2.45) is 0 Å². The highest BCUT2D eigenvalue weighted by atomic mass is 32.2. The van der Waals surface area contributed by atoms with Crippen molar-refractivity contribution in [3.63, 3.8) is 0 Å². The van der Waals surface area contributed by atoms with Gasteiger partial charge in [-0.2, -0.15) is 11.8 Å². The van der Waals surface area contributed by atoms with E-state index < -0.39 is 0 Å². The number of thioether (sulfide) groups is 1. The summed E-state index contributed by atoms with van der Waals surface area (Å²) in [6.07, 6.45) is 6.88. The number of nitrogen functional groups attached to an aromatic ring is 1. The first kappa shape index (κ1) is 14.3. The molecule has 4 heteroatoms. The van der Waals surface area contributed by atoms with Crippen molar-refractivity contribution in [2.45, 2.75) is 43.9 Å². The van der Waals surface area contributed by atoms with E-state index in [2.05, 4.69) is 11.6 Å². The number of amides is 1. The molecule has 19 heavy (non-hydrogen) atoms. The maximum atomic E-state index is 12.4. The molecule has 104 valence electrons. The third-order valence-electron chi connectivity index (χ3n) is 3.83. The summed E-state index contributed by atoms with van der Waals surface area (Å²) in [6, 6.07) is 5.79. The zero-order valence-electron chi connectivity index (χ0n) is 11.6. The smallest absolute Gasteiger partial charge is 0.251 e. The van der Waals surface area contributed by atoms with Gasteiger partial charge in [0.1, 0.15) is 0 Å². The summed E-state index contributed by atoms with van der Waals surface area (Å²) in [5.41, 5.74) is 8.08. The van der Waals surface area contributed by atoms with Gasteiger partial charge in [-0.15, -0.1) is 0 Å². The Morgan fingerprint density at radius 1 is 1.37 bits per heavy atom. The predicted molar refractivity (Wildman–Crippen MR) is 82.6 cm³/mol. The first-order valence-corrected chi connectivity index (χ1v) is 8.10. The molecule has 0 aliphatic heterocycles. The number of nitrogens with two attached hydrogens (primary N) is 1. The molecule has 1 fully saturated rings. The Hall–Kier alpha value is -1.16. The van der Waals surface area contributed by atoms with Gasteiger partial charge in [0.05, 0.1) is 0 Å². The van der Waals surface area contributed by atoms with E-state index in [9.17, 15) is 4.79 Å². The van der Waals surface area contributed by atoms with Crippen LogP contribution in [-0.4, -0.2) is 23.5 Å². The van der Waals surface area contributed by atoms with Crippen LogP contribution in [0.4, 0.5) is 5.69 Å². The zero-order valence-corrected chi connectivity index (χ0v) is 12.4. The van der Waals surface area contributed by atoms with Crippen molar-refractivity contribution in [3.05, 3.63) is 29.3 Å². The number of carbonyl (C=O) groups excluding carboxylic acids is 1. The third-order valence-corrected chi connectivity index (χ3v) is 5.00. The van der Waals surface area contributed by atoms with Crippen molar-refractivity contribution < 1.29 is 4.79 Å². The molecule has 1 aromatic rings. The second kappa shape index (κ2) is 6.33. The molecular formula is C15H22N2OS. The fourth-order valence-electron chi connectivity index (χ4n) is 2.67. The van der Waals surface area contributed by atoms with Gasteiger partial charge in [-0.1, -0.05) is 18.9 Å². The fourth-order valence-corrected chi connectivity index (χ4v) is 3.61. The summed E-state index contributed by atoms with van der Waals surface area (Å²) >= 11 is 1.86. The van der Waals surface area contributed by atoms with E-state index in [1.165, 1.54) is 19.3 Å². The molecule has 0 radical (unpaired) electrons. The van der Waals surface area contributed by atoms with E-state index in [4.69, 9.17) is 5.73 Å². The topological polar surface area (TPSA) is 55.1 Å². The molecule has 0 aromatic heterocycles. The second-order valence-electron chi connectivity index (χ2n) is 5.21. The SMILES string of the molecule is CSC1CCCCC1NC(=O)c1cc(N)ccc1C. The van der Waals surface area contributed by atoms with Gasteiger partial charge in [0.25, 0.3) is 5.91 Å². The lowest BCUT2D eigenvalue weighted by Crippen LogP contribution is -2.43. The molecule has 1 aromatic carbocycles. The molecule has 2 rings (SSSR count). The Labute approximate surface area is 119 Å². The first-order valence-electron chi connectivity index (χ1n) is 6.81. The first-order chi connectivity index (χ1) is 9.11. The maximum absolute atomic E-state index is 12.4. The highest BCUT2D eigenvalue weighted by Crippen LogP contribution is 2.27. The standard InChI is InChI=1S/C15H22N2OS/c1-10-7-8-11(16)9-12(10)15(18)17-13-5-3-4-6-14(13)19-2/h7-9,13-14H,3-6,16H2,1-2H3,(H,17,18). The molecule has 3 N–H and O–H groups in total. The molecule has 0 saturated heterocycles. The summed E-state index contributed by atoms with van der Waals surface area (Å²) in [5.74, 6) is 0.00995. The van der Waals surface area contributed by atoms with E-state index in [-0.39, 0.29) is 11.9 Å².